The second-order valence-electron chi connectivity index (χ2n) is 6.85. The smallest absolute Gasteiger partial charge is 0.0702 e. The lowest BCUT2D eigenvalue weighted by Gasteiger charge is -2.34. The number of hydrogen-bond donors (Lipinski definition) is 1. The molecule has 1 fully saturated rings. The van der Waals surface area contributed by atoms with Crippen molar-refractivity contribution in [1.29, 1.82) is 0 Å². The van der Waals surface area contributed by atoms with E-state index in [4.69, 9.17) is 0 Å². The van der Waals surface area contributed by atoms with Gasteiger partial charge in [0.05, 0.1) is 5.52 Å². The van der Waals surface area contributed by atoms with Crippen LogP contribution < -0.4 is 5.32 Å². The molecule has 2 heteroatoms. The van der Waals surface area contributed by atoms with Crippen LogP contribution in [0.25, 0.3) is 10.9 Å². The summed E-state index contributed by atoms with van der Waals surface area (Å²) in [5.41, 5.74) is 2.98. The molecule has 0 atom stereocenters. The summed E-state index contributed by atoms with van der Waals surface area (Å²) in [6, 6.07) is 11.4. The Balaban J connectivity index is 1.60. The Morgan fingerprint density at radius 1 is 1.20 bits per heavy atom. The van der Waals surface area contributed by atoms with Gasteiger partial charge in [-0.2, -0.15) is 0 Å². The number of fused-ring (bicyclic) bond motifs is 1. The van der Waals surface area contributed by atoms with Gasteiger partial charge in [-0.25, -0.2) is 0 Å². The summed E-state index contributed by atoms with van der Waals surface area (Å²) in [5, 5.41) is 4.95. The van der Waals surface area contributed by atoms with Crippen LogP contribution in [0.3, 0.4) is 0 Å². The molecular formula is C18H24N2. The SMILES string of the molecule is CC1(C)CCC(NCc2ccc3ncccc3c2)CC1. The van der Waals surface area contributed by atoms with Crippen LogP contribution in [0.5, 0.6) is 0 Å². The highest BCUT2D eigenvalue weighted by Gasteiger charge is 2.26. The quantitative estimate of drug-likeness (QED) is 0.898. The largest absolute Gasteiger partial charge is 0.310 e. The van der Waals surface area contributed by atoms with Crippen LogP contribution in [-0.4, -0.2) is 11.0 Å². The topological polar surface area (TPSA) is 24.9 Å². The molecule has 1 N–H and O–H groups in total. The van der Waals surface area contributed by atoms with Crippen LogP contribution in [-0.2, 0) is 6.54 Å². The van der Waals surface area contributed by atoms with Gasteiger partial charge in [-0.05, 0) is 54.9 Å². The summed E-state index contributed by atoms with van der Waals surface area (Å²) in [7, 11) is 0. The van der Waals surface area contributed by atoms with Crippen molar-refractivity contribution in [3.05, 3.63) is 42.1 Å². The maximum absolute atomic E-state index is 4.37. The van der Waals surface area contributed by atoms with Crippen molar-refractivity contribution < 1.29 is 0 Å². The van der Waals surface area contributed by atoms with E-state index in [-0.39, 0.29) is 0 Å². The van der Waals surface area contributed by atoms with Crippen molar-refractivity contribution in [3.63, 3.8) is 0 Å². The van der Waals surface area contributed by atoms with Gasteiger partial charge in [-0.15, -0.1) is 0 Å². The van der Waals surface area contributed by atoms with Gasteiger partial charge in [0, 0.05) is 24.2 Å². The molecule has 0 unspecified atom stereocenters. The van der Waals surface area contributed by atoms with E-state index in [0.29, 0.717) is 11.5 Å². The summed E-state index contributed by atoms with van der Waals surface area (Å²) in [5.74, 6) is 0. The van der Waals surface area contributed by atoms with E-state index in [1.165, 1.54) is 36.6 Å². The summed E-state index contributed by atoms with van der Waals surface area (Å²) < 4.78 is 0. The maximum atomic E-state index is 4.37. The Labute approximate surface area is 121 Å². The van der Waals surface area contributed by atoms with Crippen LogP contribution in [0, 0.1) is 5.41 Å². The molecule has 3 rings (SSSR count). The Morgan fingerprint density at radius 2 is 2.00 bits per heavy atom. The second kappa shape index (κ2) is 5.53. The molecule has 1 aromatic heterocycles. The third-order valence-corrected chi connectivity index (χ3v) is 4.60. The number of nitrogens with zero attached hydrogens (tertiary/aromatic N) is 1. The minimum Gasteiger partial charge on any atom is -0.310 e. The van der Waals surface area contributed by atoms with Crippen molar-refractivity contribution in [2.24, 2.45) is 5.41 Å². The zero-order valence-electron chi connectivity index (χ0n) is 12.5. The molecule has 0 bridgehead atoms. The van der Waals surface area contributed by atoms with Crippen LogP contribution in [0.15, 0.2) is 36.5 Å². The average Bonchev–Trinajstić information content (AvgIpc) is 2.46. The number of hydrogen-bond acceptors (Lipinski definition) is 2. The van der Waals surface area contributed by atoms with Crippen molar-refractivity contribution in [2.75, 3.05) is 0 Å². The van der Waals surface area contributed by atoms with Crippen LogP contribution in [0.1, 0.15) is 45.1 Å². The Hall–Kier alpha value is -1.41. The molecule has 1 aromatic carbocycles. The lowest BCUT2D eigenvalue weighted by molar-refractivity contribution is 0.206. The minimum absolute atomic E-state index is 0.548. The minimum atomic E-state index is 0.548. The molecule has 0 saturated heterocycles. The van der Waals surface area contributed by atoms with Gasteiger partial charge in [0.2, 0.25) is 0 Å². The molecule has 2 nitrogen and oxygen atoms in total. The van der Waals surface area contributed by atoms with Crippen LogP contribution >= 0.6 is 0 Å². The Kier molecular flexibility index (Phi) is 3.75. The highest BCUT2D eigenvalue weighted by atomic mass is 14.9. The molecule has 1 saturated carbocycles. The third-order valence-electron chi connectivity index (χ3n) is 4.60. The average molecular weight is 268 g/mol. The highest BCUT2D eigenvalue weighted by Crippen LogP contribution is 2.35. The monoisotopic (exact) mass is 268 g/mol. The molecule has 0 amide bonds. The van der Waals surface area contributed by atoms with E-state index in [9.17, 15) is 0 Å². The molecule has 1 aliphatic carbocycles. The first-order chi connectivity index (χ1) is 9.62. The summed E-state index contributed by atoms with van der Waals surface area (Å²) in [6.07, 6.45) is 7.15. The number of rotatable bonds is 3. The Morgan fingerprint density at radius 3 is 2.80 bits per heavy atom. The molecule has 1 aliphatic rings. The van der Waals surface area contributed by atoms with Gasteiger partial charge in [0.15, 0.2) is 0 Å². The molecule has 20 heavy (non-hydrogen) atoms. The predicted molar refractivity (Wildman–Crippen MR) is 84.6 cm³/mol. The van der Waals surface area contributed by atoms with E-state index in [0.717, 1.165) is 12.1 Å². The summed E-state index contributed by atoms with van der Waals surface area (Å²) >= 11 is 0. The van der Waals surface area contributed by atoms with Gasteiger partial charge in [0.1, 0.15) is 0 Å². The van der Waals surface area contributed by atoms with Crippen molar-refractivity contribution in [2.45, 2.75) is 52.1 Å². The van der Waals surface area contributed by atoms with E-state index >= 15 is 0 Å². The van der Waals surface area contributed by atoms with Gasteiger partial charge in [0.25, 0.3) is 0 Å². The molecule has 106 valence electrons. The zero-order valence-corrected chi connectivity index (χ0v) is 12.5. The highest BCUT2D eigenvalue weighted by molar-refractivity contribution is 5.78. The summed E-state index contributed by atoms with van der Waals surface area (Å²) in [4.78, 5) is 4.37. The van der Waals surface area contributed by atoms with Gasteiger partial charge in [-0.1, -0.05) is 26.0 Å². The molecular weight excluding hydrogens is 244 g/mol. The molecule has 0 radical (unpaired) electrons. The Bertz CT molecular complexity index is 579. The molecule has 0 aliphatic heterocycles. The normalized spacial score (nSPS) is 19.3. The molecule has 1 heterocycles. The fourth-order valence-corrected chi connectivity index (χ4v) is 3.10. The standard InChI is InChI=1S/C18H24N2/c1-18(2)9-7-16(8-10-18)20-13-14-5-6-17-15(12-14)4-3-11-19-17/h3-6,11-12,16,20H,7-10,13H2,1-2H3. The number of benzene rings is 1. The van der Waals surface area contributed by atoms with Gasteiger partial charge < -0.3 is 5.32 Å². The molecule has 2 aromatic rings. The number of aromatic nitrogens is 1. The second-order valence-corrected chi connectivity index (χ2v) is 6.85. The predicted octanol–water partition coefficient (Wildman–Crippen LogP) is 4.29. The maximum Gasteiger partial charge on any atom is 0.0702 e. The van der Waals surface area contributed by atoms with Crippen LogP contribution in [0.4, 0.5) is 0 Å². The van der Waals surface area contributed by atoms with Crippen molar-refractivity contribution >= 4 is 10.9 Å². The van der Waals surface area contributed by atoms with E-state index < -0.39 is 0 Å². The lowest BCUT2D eigenvalue weighted by atomic mass is 9.75. The fraction of sp³-hybridized carbons (Fsp3) is 0.500. The van der Waals surface area contributed by atoms with E-state index in [2.05, 4.69) is 48.4 Å². The lowest BCUT2D eigenvalue weighted by Crippen LogP contribution is -2.35. The fourth-order valence-electron chi connectivity index (χ4n) is 3.10. The third kappa shape index (κ3) is 3.18. The van der Waals surface area contributed by atoms with Gasteiger partial charge in [-0.3, -0.25) is 4.98 Å². The van der Waals surface area contributed by atoms with E-state index in [1.807, 2.05) is 12.3 Å². The molecule has 0 spiro atoms. The number of pyridine rings is 1. The van der Waals surface area contributed by atoms with Crippen molar-refractivity contribution in [3.8, 4) is 0 Å². The van der Waals surface area contributed by atoms with E-state index in [1.54, 1.807) is 0 Å². The van der Waals surface area contributed by atoms with Gasteiger partial charge >= 0.3 is 0 Å². The first-order valence-electron chi connectivity index (χ1n) is 7.69. The van der Waals surface area contributed by atoms with Crippen LogP contribution in [0.2, 0.25) is 0 Å². The number of nitrogens with one attached hydrogen (secondary N) is 1. The first kappa shape index (κ1) is 13.6. The first-order valence-corrected chi connectivity index (χ1v) is 7.69. The summed E-state index contributed by atoms with van der Waals surface area (Å²) in [6.45, 7) is 5.75. The zero-order chi connectivity index (χ0) is 14.0. The van der Waals surface area contributed by atoms with Crippen molar-refractivity contribution in [1.82, 2.24) is 10.3 Å².